The Labute approximate surface area is 191 Å². The van der Waals surface area contributed by atoms with Crippen molar-refractivity contribution in [2.75, 3.05) is 18.4 Å². The summed E-state index contributed by atoms with van der Waals surface area (Å²) in [5.41, 5.74) is 3.14. The topological polar surface area (TPSA) is 71.3 Å². The summed E-state index contributed by atoms with van der Waals surface area (Å²) in [7, 11) is 0. The lowest BCUT2D eigenvalue weighted by atomic mass is 10.0. The Bertz CT molecular complexity index is 1130. The van der Waals surface area contributed by atoms with Crippen LogP contribution in [0.2, 0.25) is 0 Å². The van der Waals surface area contributed by atoms with E-state index in [0.29, 0.717) is 18.3 Å². The van der Waals surface area contributed by atoms with Gasteiger partial charge in [0.05, 0.1) is 18.0 Å². The van der Waals surface area contributed by atoms with E-state index in [1.807, 2.05) is 58.8 Å². The zero-order chi connectivity index (χ0) is 22.2. The molecule has 4 aromatic rings. The lowest BCUT2D eigenvalue weighted by Gasteiger charge is -2.20. The molecule has 0 unspecified atom stereocenters. The molecule has 1 amide bonds. The standard InChI is InChI=1S/C25H26N4O2S/c1-2-14-29(18-24-27-28-25(31-24)22-13-8-15-32-22)17-23(30)26-21-12-7-6-11-20(21)16-19-9-4-3-5-10-19/h3-13,15H,2,14,16-18H2,1H3,(H,26,30). The first-order valence-electron chi connectivity index (χ1n) is 10.7. The molecule has 0 aliphatic heterocycles. The Morgan fingerprint density at radius 3 is 2.62 bits per heavy atom. The van der Waals surface area contributed by atoms with Crippen LogP contribution < -0.4 is 5.32 Å². The molecule has 0 radical (unpaired) electrons. The van der Waals surface area contributed by atoms with Crippen LogP contribution >= 0.6 is 11.3 Å². The number of nitrogens with one attached hydrogen (secondary N) is 1. The molecule has 2 aromatic heterocycles. The van der Waals surface area contributed by atoms with Gasteiger partial charge in [-0.15, -0.1) is 21.5 Å². The van der Waals surface area contributed by atoms with Gasteiger partial charge in [0.25, 0.3) is 5.89 Å². The molecule has 0 saturated carbocycles. The van der Waals surface area contributed by atoms with Crippen LogP contribution in [0.1, 0.15) is 30.4 Å². The molecular formula is C25H26N4O2S. The van der Waals surface area contributed by atoms with Crippen molar-refractivity contribution >= 4 is 22.9 Å². The van der Waals surface area contributed by atoms with Crippen LogP contribution in [0, 0.1) is 0 Å². The fourth-order valence-corrected chi connectivity index (χ4v) is 4.19. The molecule has 0 atom stereocenters. The monoisotopic (exact) mass is 446 g/mol. The van der Waals surface area contributed by atoms with E-state index >= 15 is 0 Å². The van der Waals surface area contributed by atoms with Gasteiger partial charge in [-0.2, -0.15) is 0 Å². The number of nitrogens with zero attached hydrogens (tertiary/aromatic N) is 3. The molecular weight excluding hydrogens is 420 g/mol. The SMILES string of the molecule is CCCN(CC(=O)Nc1ccccc1Cc1ccccc1)Cc1nnc(-c2cccs2)o1. The highest BCUT2D eigenvalue weighted by Crippen LogP contribution is 2.23. The van der Waals surface area contributed by atoms with Crippen LogP contribution in [0.25, 0.3) is 10.8 Å². The quantitative estimate of drug-likeness (QED) is 0.361. The molecule has 4 rings (SSSR count). The van der Waals surface area contributed by atoms with Crippen molar-refractivity contribution in [3.05, 3.63) is 89.1 Å². The van der Waals surface area contributed by atoms with E-state index < -0.39 is 0 Å². The number of carbonyl (C=O) groups is 1. The number of aromatic nitrogens is 2. The Kier molecular flexibility index (Phi) is 7.42. The number of benzene rings is 2. The molecule has 32 heavy (non-hydrogen) atoms. The maximum absolute atomic E-state index is 12.9. The van der Waals surface area contributed by atoms with E-state index in [2.05, 4.69) is 40.6 Å². The first kappa shape index (κ1) is 21.9. The van der Waals surface area contributed by atoms with Gasteiger partial charge in [-0.3, -0.25) is 9.69 Å². The average molecular weight is 447 g/mol. The first-order valence-corrected chi connectivity index (χ1v) is 11.6. The zero-order valence-corrected chi connectivity index (χ0v) is 18.8. The number of carbonyl (C=O) groups excluding carboxylic acids is 1. The molecule has 7 heteroatoms. The van der Waals surface area contributed by atoms with Crippen molar-refractivity contribution in [3.63, 3.8) is 0 Å². The average Bonchev–Trinajstić information content (AvgIpc) is 3.48. The van der Waals surface area contributed by atoms with Crippen molar-refractivity contribution in [1.82, 2.24) is 15.1 Å². The number of anilines is 1. The van der Waals surface area contributed by atoms with Crippen molar-refractivity contribution in [1.29, 1.82) is 0 Å². The Hall–Kier alpha value is -3.29. The summed E-state index contributed by atoms with van der Waals surface area (Å²) in [6.07, 6.45) is 1.69. The van der Waals surface area contributed by atoms with Crippen LogP contribution in [0.4, 0.5) is 5.69 Å². The smallest absolute Gasteiger partial charge is 0.257 e. The highest BCUT2D eigenvalue weighted by atomic mass is 32.1. The molecule has 2 heterocycles. The van der Waals surface area contributed by atoms with Gasteiger partial charge in [-0.1, -0.05) is 61.5 Å². The van der Waals surface area contributed by atoms with Crippen molar-refractivity contribution in [3.8, 4) is 10.8 Å². The molecule has 0 aliphatic carbocycles. The maximum Gasteiger partial charge on any atom is 0.257 e. The summed E-state index contributed by atoms with van der Waals surface area (Å²) in [5.74, 6) is 0.974. The fraction of sp³-hybridized carbons (Fsp3) is 0.240. The van der Waals surface area contributed by atoms with Gasteiger partial charge in [-0.25, -0.2) is 0 Å². The van der Waals surface area contributed by atoms with Crippen LogP contribution in [-0.2, 0) is 17.8 Å². The number of amides is 1. The minimum Gasteiger partial charge on any atom is -0.419 e. The molecule has 0 bridgehead atoms. The van der Waals surface area contributed by atoms with E-state index in [1.54, 1.807) is 11.3 Å². The summed E-state index contributed by atoms with van der Waals surface area (Å²) in [4.78, 5) is 15.8. The fourth-order valence-electron chi connectivity index (χ4n) is 3.54. The summed E-state index contributed by atoms with van der Waals surface area (Å²) >= 11 is 1.56. The van der Waals surface area contributed by atoms with Gasteiger partial charge in [-0.05, 0) is 48.0 Å². The third-order valence-corrected chi connectivity index (χ3v) is 5.85. The summed E-state index contributed by atoms with van der Waals surface area (Å²) in [6, 6.07) is 22.1. The Morgan fingerprint density at radius 1 is 1.03 bits per heavy atom. The minimum atomic E-state index is -0.0584. The zero-order valence-electron chi connectivity index (χ0n) is 18.0. The molecule has 0 aliphatic rings. The molecule has 6 nitrogen and oxygen atoms in total. The highest BCUT2D eigenvalue weighted by molar-refractivity contribution is 7.13. The molecule has 0 saturated heterocycles. The first-order chi connectivity index (χ1) is 15.7. The van der Waals surface area contributed by atoms with Gasteiger partial charge in [0, 0.05) is 5.69 Å². The minimum absolute atomic E-state index is 0.0584. The number of para-hydroxylation sites is 1. The lowest BCUT2D eigenvalue weighted by Crippen LogP contribution is -2.33. The number of hydrogen-bond acceptors (Lipinski definition) is 6. The number of thiophene rings is 1. The maximum atomic E-state index is 12.9. The third kappa shape index (κ3) is 5.90. The molecule has 1 N–H and O–H groups in total. The van der Waals surface area contributed by atoms with Crippen molar-refractivity contribution in [2.24, 2.45) is 0 Å². The van der Waals surface area contributed by atoms with Crippen molar-refractivity contribution < 1.29 is 9.21 Å². The molecule has 2 aromatic carbocycles. The normalized spacial score (nSPS) is 11.1. The number of hydrogen-bond donors (Lipinski definition) is 1. The second-order valence-electron chi connectivity index (χ2n) is 7.56. The van der Waals surface area contributed by atoms with E-state index in [4.69, 9.17) is 4.42 Å². The van der Waals surface area contributed by atoms with Crippen LogP contribution in [0.3, 0.4) is 0 Å². The van der Waals surface area contributed by atoms with E-state index in [1.165, 1.54) is 5.56 Å². The van der Waals surface area contributed by atoms with E-state index in [-0.39, 0.29) is 12.5 Å². The molecule has 0 fully saturated rings. The van der Waals surface area contributed by atoms with Gasteiger partial charge in [0.2, 0.25) is 11.8 Å². The second kappa shape index (κ2) is 10.8. The Balaban J connectivity index is 1.39. The second-order valence-corrected chi connectivity index (χ2v) is 8.50. The van der Waals surface area contributed by atoms with Crippen LogP contribution in [0.5, 0.6) is 0 Å². The van der Waals surface area contributed by atoms with E-state index in [0.717, 1.165) is 35.5 Å². The Morgan fingerprint density at radius 2 is 1.84 bits per heavy atom. The predicted molar refractivity (Wildman–Crippen MR) is 127 cm³/mol. The molecule has 164 valence electrons. The third-order valence-electron chi connectivity index (χ3n) is 4.99. The highest BCUT2D eigenvalue weighted by Gasteiger charge is 2.16. The van der Waals surface area contributed by atoms with Gasteiger partial charge < -0.3 is 9.73 Å². The lowest BCUT2D eigenvalue weighted by molar-refractivity contribution is -0.117. The van der Waals surface area contributed by atoms with Gasteiger partial charge >= 0.3 is 0 Å². The van der Waals surface area contributed by atoms with Gasteiger partial charge in [0.15, 0.2) is 0 Å². The van der Waals surface area contributed by atoms with Crippen LogP contribution in [0.15, 0.2) is 76.5 Å². The van der Waals surface area contributed by atoms with Crippen LogP contribution in [-0.4, -0.2) is 34.1 Å². The van der Waals surface area contributed by atoms with Crippen molar-refractivity contribution in [2.45, 2.75) is 26.3 Å². The summed E-state index contributed by atoms with van der Waals surface area (Å²) in [5, 5.41) is 13.4. The van der Waals surface area contributed by atoms with E-state index in [9.17, 15) is 4.79 Å². The summed E-state index contributed by atoms with van der Waals surface area (Å²) in [6.45, 7) is 3.54. The largest absolute Gasteiger partial charge is 0.419 e. The molecule has 0 spiro atoms. The summed E-state index contributed by atoms with van der Waals surface area (Å²) < 4.78 is 5.81. The van der Waals surface area contributed by atoms with Gasteiger partial charge in [0.1, 0.15) is 0 Å². The number of rotatable bonds is 10. The predicted octanol–water partition coefficient (Wildman–Crippen LogP) is 5.24.